The van der Waals surface area contributed by atoms with Crippen molar-refractivity contribution in [1.82, 2.24) is 4.90 Å². The van der Waals surface area contributed by atoms with Crippen molar-refractivity contribution in [3.05, 3.63) is 34.3 Å². The van der Waals surface area contributed by atoms with Crippen LogP contribution in [0.1, 0.15) is 12.0 Å². The summed E-state index contributed by atoms with van der Waals surface area (Å²) in [5.41, 5.74) is 0.792. The van der Waals surface area contributed by atoms with Gasteiger partial charge in [0.25, 0.3) is 5.91 Å². The van der Waals surface area contributed by atoms with Gasteiger partial charge < -0.3 is 9.64 Å². The topological polar surface area (TPSA) is 80.8 Å². The summed E-state index contributed by atoms with van der Waals surface area (Å²) in [7, 11) is -1.52. The molecular weight excluding hydrogens is 386 g/mol. The molecule has 0 N–H and O–H groups in total. The van der Waals surface area contributed by atoms with Crippen molar-refractivity contribution in [2.45, 2.75) is 18.9 Å². The molecular formula is C15H18BrNO5S. The molecule has 2 rings (SSSR count). The summed E-state index contributed by atoms with van der Waals surface area (Å²) in [6, 6.07) is 6.90. The van der Waals surface area contributed by atoms with E-state index in [1.807, 2.05) is 12.1 Å². The number of hydrogen-bond acceptors (Lipinski definition) is 5. The van der Waals surface area contributed by atoms with Crippen molar-refractivity contribution in [2.75, 3.05) is 25.2 Å². The molecule has 1 aromatic rings. The zero-order valence-electron chi connectivity index (χ0n) is 12.7. The number of rotatable bonds is 5. The van der Waals surface area contributed by atoms with E-state index >= 15 is 0 Å². The van der Waals surface area contributed by atoms with Crippen LogP contribution in [0.3, 0.4) is 0 Å². The summed E-state index contributed by atoms with van der Waals surface area (Å²) < 4.78 is 28.8. The van der Waals surface area contributed by atoms with Gasteiger partial charge in [-0.3, -0.25) is 9.59 Å². The van der Waals surface area contributed by atoms with Crippen LogP contribution in [0.25, 0.3) is 0 Å². The van der Waals surface area contributed by atoms with Crippen LogP contribution in [0, 0.1) is 0 Å². The van der Waals surface area contributed by atoms with E-state index in [1.54, 1.807) is 12.1 Å². The number of benzene rings is 1. The second kappa shape index (κ2) is 7.44. The number of ether oxygens (including phenoxy) is 1. The van der Waals surface area contributed by atoms with E-state index in [0.29, 0.717) is 6.42 Å². The van der Waals surface area contributed by atoms with Crippen LogP contribution in [-0.2, 0) is 30.6 Å². The molecule has 0 aliphatic carbocycles. The third-order valence-electron chi connectivity index (χ3n) is 3.77. The lowest BCUT2D eigenvalue weighted by atomic mass is 10.2. The van der Waals surface area contributed by atoms with Gasteiger partial charge in [-0.25, -0.2) is 8.42 Å². The first-order valence-corrected chi connectivity index (χ1v) is 9.74. The van der Waals surface area contributed by atoms with Crippen molar-refractivity contribution in [1.29, 1.82) is 0 Å². The standard InChI is InChI=1S/C15H18BrNO5S/c1-17(13-6-7-23(20,21)10-13)14(18)9-22-15(19)8-11-2-4-12(16)5-3-11/h2-5,13H,6-10H2,1H3/t13-/m1/s1. The van der Waals surface area contributed by atoms with Crippen LogP contribution in [0.2, 0.25) is 0 Å². The van der Waals surface area contributed by atoms with E-state index in [1.165, 1.54) is 11.9 Å². The molecule has 0 spiro atoms. The second-order valence-corrected chi connectivity index (χ2v) is 8.67. The monoisotopic (exact) mass is 403 g/mol. The number of carbonyl (C=O) groups is 2. The van der Waals surface area contributed by atoms with E-state index in [-0.39, 0.29) is 30.6 Å². The van der Waals surface area contributed by atoms with Gasteiger partial charge in [0.1, 0.15) is 0 Å². The Labute approximate surface area is 143 Å². The highest BCUT2D eigenvalue weighted by Gasteiger charge is 2.32. The van der Waals surface area contributed by atoms with Gasteiger partial charge in [0, 0.05) is 17.6 Å². The molecule has 1 aliphatic heterocycles. The minimum absolute atomic E-state index is 0.0257. The van der Waals surface area contributed by atoms with Crippen LogP contribution in [0.4, 0.5) is 0 Å². The summed E-state index contributed by atoms with van der Waals surface area (Å²) in [6.45, 7) is -0.373. The summed E-state index contributed by atoms with van der Waals surface area (Å²) in [5, 5.41) is 0. The molecule has 0 saturated carbocycles. The van der Waals surface area contributed by atoms with Gasteiger partial charge in [-0.15, -0.1) is 0 Å². The lowest BCUT2D eigenvalue weighted by Gasteiger charge is -2.23. The van der Waals surface area contributed by atoms with Gasteiger partial charge in [-0.1, -0.05) is 28.1 Å². The number of esters is 1. The minimum Gasteiger partial charge on any atom is -0.455 e. The molecule has 0 aromatic heterocycles. The van der Waals surface area contributed by atoms with Crippen LogP contribution in [0.15, 0.2) is 28.7 Å². The van der Waals surface area contributed by atoms with Crippen LogP contribution >= 0.6 is 15.9 Å². The maximum atomic E-state index is 12.0. The lowest BCUT2D eigenvalue weighted by molar-refractivity contribution is -0.151. The van der Waals surface area contributed by atoms with E-state index < -0.39 is 21.7 Å². The number of carbonyl (C=O) groups excluding carboxylic acids is 2. The van der Waals surface area contributed by atoms with E-state index in [0.717, 1.165) is 10.0 Å². The Kier molecular flexibility index (Phi) is 5.80. The second-order valence-electron chi connectivity index (χ2n) is 5.53. The maximum absolute atomic E-state index is 12.0. The van der Waals surface area contributed by atoms with Crippen LogP contribution in [0.5, 0.6) is 0 Å². The van der Waals surface area contributed by atoms with Gasteiger partial charge in [-0.05, 0) is 24.1 Å². The number of hydrogen-bond donors (Lipinski definition) is 0. The first-order chi connectivity index (χ1) is 10.8. The molecule has 0 bridgehead atoms. The summed E-state index contributed by atoms with van der Waals surface area (Å²) >= 11 is 3.31. The van der Waals surface area contributed by atoms with Crippen molar-refractivity contribution in [2.24, 2.45) is 0 Å². The van der Waals surface area contributed by atoms with Gasteiger partial charge in [0.05, 0.1) is 17.9 Å². The molecule has 0 radical (unpaired) electrons. The summed E-state index contributed by atoms with van der Waals surface area (Å²) in [6.07, 6.45) is 0.513. The molecule has 1 heterocycles. The smallest absolute Gasteiger partial charge is 0.310 e. The van der Waals surface area contributed by atoms with E-state index in [9.17, 15) is 18.0 Å². The SMILES string of the molecule is CN(C(=O)COC(=O)Cc1ccc(Br)cc1)[C@@H]1CCS(=O)(=O)C1. The Hall–Kier alpha value is -1.41. The molecule has 1 saturated heterocycles. The van der Waals surface area contributed by atoms with Crippen molar-refractivity contribution in [3.8, 4) is 0 Å². The molecule has 23 heavy (non-hydrogen) atoms. The zero-order chi connectivity index (χ0) is 17.0. The first-order valence-electron chi connectivity index (χ1n) is 7.13. The molecule has 6 nitrogen and oxygen atoms in total. The number of halogens is 1. The van der Waals surface area contributed by atoms with Crippen molar-refractivity contribution in [3.63, 3.8) is 0 Å². The molecule has 1 fully saturated rings. The van der Waals surface area contributed by atoms with Gasteiger partial charge in [-0.2, -0.15) is 0 Å². The largest absolute Gasteiger partial charge is 0.455 e. The Morgan fingerprint density at radius 1 is 1.30 bits per heavy atom. The fraction of sp³-hybridized carbons (Fsp3) is 0.467. The number of likely N-dealkylation sites (N-methyl/N-ethyl adjacent to an activating group) is 1. The van der Waals surface area contributed by atoms with Crippen molar-refractivity contribution >= 4 is 37.6 Å². The Morgan fingerprint density at radius 2 is 1.96 bits per heavy atom. The average molecular weight is 404 g/mol. The normalized spacial score (nSPS) is 19.3. The first kappa shape index (κ1) is 17.9. The third-order valence-corrected chi connectivity index (χ3v) is 6.05. The van der Waals surface area contributed by atoms with Crippen molar-refractivity contribution < 1.29 is 22.7 Å². The number of nitrogens with zero attached hydrogens (tertiary/aromatic N) is 1. The molecule has 0 unspecified atom stereocenters. The highest BCUT2D eigenvalue weighted by Crippen LogP contribution is 2.16. The van der Waals surface area contributed by atoms with Gasteiger partial charge in [0.15, 0.2) is 16.4 Å². The average Bonchev–Trinajstić information content (AvgIpc) is 2.86. The fourth-order valence-electron chi connectivity index (χ4n) is 2.35. The maximum Gasteiger partial charge on any atom is 0.310 e. The van der Waals surface area contributed by atoms with E-state index in [2.05, 4.69) is 15.9 Å². The molecule has 1 aromatic carbocycles. The van der Waals surface area contributed by atoms with Gasteiger partial charge >= 0.3 is 5.97 Å². The van der Waals surface area contributed by atoms with Gasteiger partial charge in [0.2, 0.25) is 0 Å². The predicted molar refractivity (Wildman–Crippen MR) is 88.6 cm³/mol. The quantitative estimate of drug-likeness (QED) is 0.689. The fourth-order valence-corrected chi connectivity index (χ4v) is 4.39. The predicted octanol–water partition coefficient (Wildman–Crippen LogP) is 1.18. The lowest BCUT2D eigenvalue weighted by Crippen LogP contribution is -2.40. The highest BCUT2D eigenvalue weighted by molar-refractivity contribution is 9.10. The molecule has 126 valence electrons. The summed E-state index contributed by atoms with van der Waals surface area (Å²) in [4.78, 5) is 25.1. The number of sulfone groups is 1. The van der Waals surface area contributed by atoms with E-state index in [4.69, 9.17) is 4.74 Å². The third kappa shape index (κ3) is 5.31. The molecule has 1 amide bonds. The highest BCUT2D eigenvalue weighted by atomic mass is 79.9. The minimum atomic E-state index is -3.05. The Balaban J connectivity index is 1.79. The number of amides is 1. The Morgan fingerprint density at radius 3 is 2.52 bits per heavy atom. The molecule has 1 aliphatic rings. The molecule has 8 heteroatoms. The Bertz CT molecular complexity index is 686. The van der Waals surface area contributed by atoms with Crippen LogP contribution in [-0.4, -0.2) is 56.4 Å². The summed E-state index contributed by atoms with van der Waals surface area (Å²) in [5.74, 6) is -0.815. The zero-order valence-corrected chi connectivity index (χ0v) is 15.1. The van der Waals surface area contributed by atoms with Crippen LogP contribution < -0.4 is 0 Å². The molecule has 1 atom stereocenters.